The van der Waals surface area contributed by atoms with Crippen molar-refractivity contribution in [3.63, 3.8) is 0 Å². The number of nitrogens with zero attached hydrogens (tertiary/aromatic N) is 2. The lowest BCUT2D eigenvalue weighted by atomic mass is 9.93. The van der Waals surface area contributed by atoms with E-state index < -0.39 is 0 Å². The molecule has 0 N–H and O–H groups in total. The molecule has 0 bridgehead atoms. The standard InChI is InChI=1S/C52H32N2OS/c1-3-12-33(13-4-1)39-27-40(36-23-25-51-45(30-36)44-19-8-10-21-50(44)56-51)29-41(28-39)47-32-46(53-52(54-47)34-14-5-2-6-15-34)38-17-11-16-35(26-38)37-22-24-43-42-18-7-9-20-48(42)55-49(43)31-37/h1-32H. The lowest BCUT2D eigenvalue weighted by Gasteiger charge is -2.14. The van der Waals surface area contributed by atoms with Crippen LogP contribution in [-0.4, -0.2) is 9.97 Å². The Balaban J connectivity index is 1.07. The fraction of sp³-hybridized carbons (Fsp3) is 0. The molecule has 0 unspecified atom stereocenters. The summed E-state index contributed by atoms with van der Waals surface area (Å²) < 4.78 is 8.86. The smallest absolute Gasteiger partial charge is 0.160 e. The largest absolute Gasteiger partial charge is 0.456 e. The van der Waals surface area contributed by atoms with Gasteiger partial charge in [0.2, 0.25) is 0 Å². The van der Waals surface area contributed by atoms with Gasteiger partial charge in [-0.3, -0.25) is 0 Å². The van der Waals surface area contributed by atoms with E-state index in [2.05, 4.69) is 164 Å². The van der Waals surface area contributed by atoms with E-state index in [1.807, 2.05) is 41.7 Å². The Hall–Kier alpha value is -7.14. The Bertz CT molecular complexity index is 3250. The molecule has 0 fully saturated rings. The van der Waals surface area contributed by atoms with Crippen molar-refractivity contribution in [1.82, 2.24) is 9.97 Å². The summed E-state index contributed by atoms with van der Waals surface area (Å²) in [5, 5.41) is 4.82. The van der Waals surface area contributed by atoms with Gasteiger partial charge in [-0.1, -0.05) is 127 Å². The normalized spacial score (nSPS) is 11.6. The molecule has 0 amide bonds. The molecule has 0 radical (unpaired) electrons. The van der Waals surface area contributed by atoms with Crippen LogP contribution in [0, 0.1) is 0 Å². The second kappa shape index (κ2) is 13.3. The average Bonchev–Trinajstić information content (AvgIpc) is 3.84. The summed E-state index contributed by atoms with van der Waals surface area (Å²) in [7, 11) is 0. The number of hydrogen-bond donors (Lipinski definition) is 0. The van der Waals surface area contributed by atoms with Gasteiger partial charge < -0.3 is 4.42 Å². The molecule has 0 saturated heterocycles. The molecule has 0 aliphatic heterocycles. The highest BCUT2D eigenvalue weighted by atomic mass is 32.1. The van der Waals surface area contributed by atoms with E-state index in [0.29, 0.717) is 5.82 Å². The van der Waals surface area contributed by atoms with Gasteiger partial charge in [0, 0.05) is 47.6 Å². The summed E-state index contributed by atoms with van der Waals surface area (Å²) in [6.07, 6.45) is 0. The van der Waals surface area contributed by atoms with Gasteiger partial charge in [0.05, 0.1) is 11.4 Å². The van der Waals surface area contributed by atoms with Crippen LogP contribution in [0.15, 0.2) is 199 Å². The number of furan rings is 1. The van der Waals surface area contributed by atoms with Crippen LogP contribution in [0.2, 0.25) is 0 Å². The van der Waals surface area contributed by atoms with Gasteiger partial charge in [0.25, 0.3) is 0 Å². The average molecular weight is 733 g/mol. The van der Waals surface area contributed by atoms with E-state index in [1.54, 1.807) is 0 Å². The molecule has 8 aromatic carbocycles. The first-order valence-corrected chi connectivity index (χ1v) is 19.6. The van der Waals surface area contributed by atoms with E-state index in [4.69, 9.17) is 14.4 Å². The lowest BCUT2D eigenvalue weighted by molar-refractivity contribution is 0.669. The first kappa shape index (κ1) is 32.3. The maximum Gasteiger partial charge on any atom is 0.160 e. The number of thiophene rings is 1. The monoisotopic (exact) mass is 732 g/mol. The van der Waals surface area contributed by atoms with Gasteiger partial charge in [0.1, 0.15) is 11.2 Å². The molecule has 0 aliphatic rings. The van der Waals surface area contributed by atoms with Crippen molar-refractivity contribution in [2.75, 3.05) is 0 Å². The van der Waals surface area contributed by atoms with E-state index in [0.717, 1.165) is 77.8 Å². The van der Waals surface area contributed by atoms with Crippen molar-refractivity contribution in [2.45, 2.75) is 0 Å². The number of para-hydroxylation sites is 1. The highest BCUT2D eigenvalue weighted by Gasteiger charge is 2.16. The molecule has 3 aromatic heterocycles. The lowest BCUT2D eigenvalue weighted by Crippen LogP contribution is -1.97. The zero-order chi connectivity index (χ0) is 37.0. The summed E-state index contributed by atoms with van der Waals surface area (Å²) in [4.78, 5) is 10.5. The summed E-state index contributed by atoms with van der Waals surface area (Å²) in [6.45, 7) is 0. The molecule has 11 rings (SSSR count). The molecule has 0 aliphatic carbocycles. The Morgan fingerprint density at radius 2 is 0.857 bits per heavy atom. The van der Waals surface area contributed by atoms with E-state index in [9.17, 15) is 0 Å². The van der Waals surface area contributed by atoms with Gasteiger partial charge in [-0.25, -0.2) is 9.97 Å². The molecular weight excluding hydrogens is 701 g/mol. The van der Waals surface area contributed by atoms with Crippen molar-refractivity contribution in [2.24, 2.45) is 0 Å². The zero-order valence-corrected chi connectivity index (χ0v) is 31.0. The number of hydrogen-bond acceptors (Lipinski definition) is 4. The van der Waals surface area contributed by atoms with Crippen molar-refractivity contribution < 1.29 is 4.42 Å². The quantitative estimate of drug-likeness (QED) is 0.171. The number of fused-ring (bicyclic) bond motifs is 6. The van der Waals surface area contributed by atoms with Crippen molar-refractivity contribution in [3.8, 4) is 67.3 Å². The van der Waals surface area contributed by atoms with Crippen LogP contribution in [-0.2, 0) is 0 Å². The Labute approximate surface area is 327 Å². The maximum atomic E-state index is 6.26. The minimum Gasteiger partial charge on any atom is -0.456 e. The fourth-order valence-electron chi connectivity index (χ4n) is 7.87. The number of benzene rings is 8. The summed E-state index contributed by atoms with van der Waals surface area (Å²) in [5.74, 6) is 0.685. The van der Waals surface area contributed by atoms with Crippen LogP contribution in [0.3, 0.4) is 0 Å². The maximum absolute atomic E-state index is 6.26. The molecule has 4 heteroatoms. The first-order valence-electron chi connectivity index (χ1n) is 18.8. The van der Waals surface area contributed by atoms with Gasteiger partial charge >= 0.3 is 0 Å². The first-order chi connectivity index (χ1) is 27.7. The molecule has 0 saturated carbocycles. The molecule has 0 atom stereocenters. The fourth-order valence-corrected chi connectivity index (χ4v) is 8.95. The van der Waals surface area contributed by atoms with Crippen LogP contribution in [0.4, 0.5) is 0 Å². The molecular formula is C52H32N2OS. The number of aromatic nitrogens is 2. The van der Waals surface area contributed by atoms with Gasteiger partial charge in [-0.2, -0.15) is 0 Å². The second-order valence-corrected chi connectivity index (χ2v) is 15.3. The Kier molecular flexibility index (Phi) is 7.68. The predicted molar refractivity (Wildman–Crippen MR) is 235 cm³/mol. The third-order valence-electron chi connectivity index (χ3n) is 10.7. The molecule has 11 aromatic rings. The predicted octanol–water partition coefficient (Wildman–Crippen LogP) is 14.7. The van der Waals surface area contributed by atoms with Crippen LogP contribution < -0.4 is 0 Å². The van der Waals surface area contributed by atoms with Crippen LogP contribution >= 0.6 is 11.3 Å². The third kappa shape index (κ3) is 5.76. The molecule has 3 heterocycles. The SMILES string of the molecule is c1ccc(-c2cc(-c3ccc4sc5ccccc5c4c3)cc(-c3cc(-c4cccc(-c5ccc6c(c5)oc5ccccc56)c4)nc(-c4ccccc4)n3)c2)cc1. The summed E-state index contributed by atoms with van der Waals surface area (Å²) in [5.41, 5.74) is 13.3. The van der Waals surface area contributed by atoms with Crippen LogP contribution in [0.5, 0.6) is 0 Å². The zero-order valence-electron chi connectivity index (χ0n) is 30.2. The third-order valence-corrected chi connectivity index (χ3v) is 11.8. The van der Waals surface area contributed by atoms with Crippen LogP contribution in [0.1, 0.15) is 0 Å². The topological polar surface area (TPSA) is 38.9 Å². The molecule has 56 heavy (non-hydrogen) atoms. The van der Waals surface area contributed by atoms with E-state index >= 15 is 0 Å². The van der Waals surface area contributed by atoms with Crippen molar-refractivity contribution >= 4 is 53.4 Å². The van der Waals surface area contributed by atoms with Crippen LogP contribution in [0.25, 0.3) is 109 Å². The summed E-state index contributed by atoms with van der Waals surface area (Å²) >= 11 is 1.84. The van der Waals surface area contributed by atoms with Gasteiger partial charge in [-0.15, -0.1) is 11.3 Å². The second-order valence-electron chi connectivity index (χ2n) is 14.2. The van der Waals surface area contributed by atoms with E-state index in [-0.39, 0.29) is 0 Å². The Morgan fingerprint density at radius 1 is 0.304 bits per heavy atom. The minimum absolute atomic E-state index is 0.685. The van der Waals surface area contributed by atoms with E-state index in [1.165, 1.54) is 25.7 Å². The van der Waals surface area contributed by atoms with Gasteiger partial charge in [0.15, 0.2) is 5.82 Å². The molecule has 3 nitrogen and oxygen atoms in total. The molecule has 0 spiro atoms. The van der Waals surface area contributed by atoms with Crippen molar-refractivity contribution in [3.05, 3.63) is 194 Å². The van der Waals surface area contributed by atoms with Crippen molar-refractivity contribution in [1.29, 1.82) is 0 Å². The minimum atomic E-state index is 0.685. The summed E-state index contributed by atoms with van der Waals surface area (Å²) in [6, 6.07) is 68.7. The van der Waals surface area contributed by atoms with Gasteiger partial charge in [-0.05, 0) is 100 Å². The molecule has 262 valence electrons. The number of rotatable bonds is 6. The highest BCUT2D eigenvalue weighted by molar-refractivity contribution is 7.25. The highest BCUT2D eigenvalue weighted by Crippen LogP contribution is 2.40. The Morgan fingerprint density at radius 3 is 1.70 bits per heavy atom.